The Kier molecular flexibility index (Phi) is 4.29. The molecule has 3 N–H and O–H groups in total. The molecule has 1 amide bonds. The first-order valence-electron chi connectivity index (χ1n) is 5.77. The highest BCUT2D eigenvalue weighted by Crippen LogP contribution is 2.24. The lowest BCUT2D eigenvalue weighted by Crippen LogP contribution is -2.56. The van der Waals surface area contributed by atoms with Crippen molar-refractivity contribution >= 4 is 11.9 Å². The monoisotopic (exact) mass is 228 g/mol. The van der Waals surface area contributed by atoms with E-state index >= 15 is 0 Å². The van der Waals surface area contributed by atoms with Gasteiger partial charge in [-0.25, -0.2) is 4.79 Å². The number of nitrogens with zero attached hydrogens (tertiary/aromatic N) is 1. The normalized spacial score (nSPS) is 27.6. The fourth-order valence-electron chi connectivity index (χ4n) is 2.20. The quantitative estimate of drug-likeness (QED) is 0.734. The summed E-state index contributed by atoms with van der Waals surface area (Å²) in [5, 5.41) is 9.15. The summed E-state index contributed by atoms with van der Waals surface area (Å²) < 4.78 is 0. The Labute approximate surface area is 95.6 Å². The van der Waals surface area contributed by atoms with Crippen LogP contribution in [0.4, 0.5) is 0 Å². The molecule has 1 rings (SSSR count). The third-order valence-corrected chi connectivity index (χ3v) is 3.23. The molecule has 2 unspecified atom stereocenters. The lowest BCUT2D eigenvalue weighted by Gasteiger charge is -2.38. The standard InChI is InChI=1S/C11H20N2O3/c1-3-8(12)10(14)13-6-4-5-7(2)9(13)11(15)16/h7-9H,3-6,12H2,1-2H3,(H,15,16)/t7?,8-,9?/m1/s1. The van der Waals surface area contributed by atoms with Crippen LogP contribution in [0, 0.1) is 5.92 Å². The van der Waals surface area contributed by atoms with Gasteiger partial charge < -0.3 is 15.7 Å². The zero-order chi connectivity index (χ0) is 12.3. The minimum atomic E-state index is -0.927. The van der Waals surface area contributed by atoms with Gasteiger partial charge in [0, 0.05) is 6.54 Å². The van der Waals surface area contributed by atoms with Gasteiger partial charge in [-0.3, -0.25) is 4.79 Å². The lowest BCUT2D eigenvalue weighted by atomic mass is 9.90. The van der Waals surface area contributed by atoms with Crippen molar-refractivity contribution in [2.24, 2.45) is 11.7 Å². The van der Waals surface area contributed by atoms with Gasteiger partial charge in [-0.2, -0.15) is 0 Å². The molecule has 0 radical (unpaired) electrons. The van der Waals surface area contributed by atoms with Gasteiger partial charge in [0.1, 0.15) is 6.04 Å². The number of carboxylic acids is 1. The fraction of sp³-hybridized carbons (Fsp3) is 0.818. The summed E-state index contributed by atoms with van der Waals surface area (Å²) in [6.45, 7) is 4.20. The van der Waals surface area contributed by atoms with Crippen LogP contribution < -0.4 is 5.73 Å². The van der Waals surface area contributed by atoms with Crippen molar-refractivity contribution in [3.8, 4) is 0 Å². The Morgan fingerprint density at radius 2 is 2.19 bits per heavy atom. The topological polar surface area (TPSA) is 83.6 Å². The van der Waals surface area contributed by atoms with E-state index in [1.165, 1.54) is 4.90 Å². The van der Waals surface area contributed by atoms with Gasteiger partial charge in [-0.1, -0.05) is 13.8 Å². The summed E-state index contributed by atoms with van der Waals surface area (Å²) in [7, 11) is 0. The molecule has 5 nitrogen and oxygen atoms in total. The molecule has 1 heterocycles. The van der Waals surface area contributed by atoms with Crippen molar-refractivity contribution in [1.82, 2.24) is 4.90 Å². The second-order valence-corrected chi connectivity index (χ2v) is 4.45. The van der Waals surface area contributed by atoms with Crippen LogP contribution in [0.1, 0.15) is 33.1 Å². The van der Waals surface area contributed by atoms with E-state index in [1.54, 1.807) is 0 Å². The minimum Gasteiger partial charge on any atom is -0.480 e. The van der Waals surface area contributed by atoms with Gasteiger partial charge in [0.25, 0.3) is 0 Å². The average molecular weight is 228 g/mol. The molecule has 1 saturated heterocycles. The third kappa shape index (κ3) is 2.52. The molecule has 0 spiro atoms. The van der Waals surface area contributed by atoms with E-state index in [4.69, 9.17) is 10.8 Å². The predicted molar refractivity (Wildman–Crippen MR) is 59.8 cm³/mol. The lowest BCUT2D eigenvalue weighted by molar-refractivity contribution is -0.155. The third-order valence-electron chi connectivity index (χ3n) is 3.23. The predicted octanol–water partition coefficient (Wildman–Crippen LogP) is 0.435. The van der Waals surface area contributed by atoms with Gasteiger partial charge in [0.05, 0.1) is 6.04 Å². The Bertz CT molecular complexity index is 280. The highest BCUT2D eigenvalue weighted by atomic mass is 16.4. The van der Waals surface area contributed by atoms with E-state index in [1.807, 2.05) is 13.8 Å². The highest BCUT2D eigenvalue weighted by Gasteiger charge is 2.38. The maximum absolute atomic E-state index is 11.9. The Hall–Kier alpha value is -1.10. The zero-order valence-electron chi connectivity index (χ0n) is 9.85. The number of hydrogen-bond donors (Lipinski definition) is 2. The Balaban J connectivity index is 2.83. The van der Waals surface area contributed by atoms with E-state index in [9.17, 15) is 9.59 Å². The number of aliphatic carboxylic acids is 1. The molecule has 1 aliphatic heterocycles. The van der Waals surface area contributed by atoms with E-state index < -0.39 is 18.1 Å². The summed E-state index contributed by atoms with van der Waals surface area (Å²) in [4.78, 5) is 24.5. The van der Waals surface area contributed by atoms with Gasteiger partial charge in [-0.15, -0.1) is 0 Å². The number of rotatable bonds is 3. The maximum atomic E-state index is 11.9. The molecular weight excluding hydrogens is 208 g/mol. The van der Waals surface area contributed by atoms with E-state index in [2.05, 4.69) is 0 Å². The molecule has 1 aliphatic rings. The van der Waals surface area contributed by atoms with Crippen LogP contribution in [0.5, 0.6) is 0 Å². The summed E-state index contributed by atoms with van der Waals surface area (Å²) in [5.41, 5.74) is 5.67. The molecule has 0 saturated carbocycles. The van der Waals surface area contributed by atoms with Gasteiger partial charge >= 0.3 is 5.97 Å². The first-order chi connectivity index (χ1) is 7.49. The Morgan fingerprint density at radius 3 is 2.69 bits per heavy atom. The summed E-state index contributed by atoms with van der Waals surface area (Å²) in [6.07, 6.45) is 2.24. The number of hydrogen-bond acceptors (Lipinski definition) is 3. The second kappa shape index (κ2) is 5.30. The average Bonchev–Trinajstić information content (AvgIpc) is 2.26. The van der Waals surface area contributed by atoms with Gasteiger partial charge in [0.15, 0.2) is 0 Å². The van der Waals surface area contributed by atoms with Crippen LogP contribution in [0.15, 0.2) is 0 Å². The molecule has 5 heteroatoms. The van der Waals surface area contributed by atoms with Crippen LogP contribution in [0.2, 0.25) is 0 Å². The van der Waals surface area contributed by atoms with E-state index in [0.29, 0.717) is 13.0 Å². The molecule has 0 aliphatic carbocycles. The molecule has 0 bridgehead atoms. The number of carbonyl (C=O) groups is 2. The highest BCUT2D eigenvalue weighted by molar-refractivity contribution is 5.87. The largest absolute Gasteiger partial charge is 0.480 e. The molecule has 0 aromatic heterocycles. The molecule has 0 aromatic carbocycles. The number of piperidine rings is 1. The Morgan fingerprint density at radius 1 is 1.56 bits per heavy atom. The van der Waals surface area contributed by atoms with Gasteiger partial charge in [-0.05, 0) is 25.2 Å². The van der Waals surface area contributed by atoms with Crippen molar-refractivity contribution in [3.05, 3.63) is 0 Å². The van der Waals surface area contributed by atoms with E-state index in [-0.39, 0.29) is 11.8 Å². The number of carbonyl (C=O) groups excluding carboxylic acids is 1. The molecule has 3 atom stereocenters. The maximum Gasteiger partial charge on any atom is 0.326 e. The summed E-state index contributed by atoms with van der Waals surface area (Å²) in [5.74, 6) is -1.16. The molecule has 92 valence electrons. The number of nitrogens with two attached hydrogens (primary N) is 1. The molecular formula is C11H20N2O3. The molecule has 16 heavy (non-hydrogen) atoms. The minimum absolute atomic E-state index is 0.000689. The fourth-order valence-corrected chi connectivity index (χ4v) is 2.20. The van der Waals surface area contributed by atoms with Crippen molar-refractivity contribution in [2.75, 3.05) is 6.54 Å². The van der Waals surface area contributed by atoms with E-state index in [0.717, 1.165) is 12.8 Å². The van der Waals surface area contributed by atoms with Gasteiger partial charge in [0.2, 0.25) is 5.91 Å². The van der Waals surface area contributed by atoms with Crippen molar-refractivity contribution in [1.29, 1.82) is 0 Å². The van der Waals surface area contributed by atoms with Crippen molar-refractivity contribution < 1.29 is 14.7 Å². The van der Waals surface area contributed by atoms with Crippen LogP contribution in [-0.4, -0.2) is 40.5 Å². The van der Waals surface area contributed by atoms with Crippen molar-refractivity contribution in [2.45, 2.75) is 45.2 Å². The summed E-state index contributed by atoms with van der Waals surface area (Å²) in [6, 6.07) is -1.29. The first-order valence-corrected chi connectivity index (χ1v) is 5.77. The molecule has 1 fully saturated rings. The zero-order valence-corrected chi connectivity index (χ0v) is 9.85. The smallest absolute Gasteiger partial charge is 0.326 e. The molecule has 0 aromatic rings. The second-order valence-electron chi connectivity index (χ2n) is 4.45. The first kappa shape index (κ1) is 13.0. The number of carboxylic acid groups (broad SMARTS) is 1. The van der Waals surface area contributed by atoms with Crippen LogP contribution in [0.25, 0.3) is 0 Å². The van der Waals surface area contributed by atoms with Crippen LogP contribution in [-0.2, 0) is 9.59 Å². The van der Waals surface area contributed by atoms with Crippen molar-refractivity contribution in [3.63, 3.8) is 0 Å². The SMILES string of the molecule is CC[C@@H](N)C(=O)N1CCCC(C)C1C(=O)O. The summed E-state index contributed by atoms with van der Waals surface area (Å²) >= 11 is 0. The number of amides is 1. The number of likely N-dealkylation sites (tertiary alicyclic amines) is 1. The van der Waals surface area contributed by atoms with Crippen LogP contribution in [0.3, 0.4) is 0 Å². The van der Waals surface area contributed by atoms with Crippen LogP contribution >= 0.6 is 0 Å².